The fourth-order valence-corrected chi connectivity index (χ4v) is 1.91. The summed E-state index contributed by atoms with van der Waals surface area (Å²) in [5.74, 6) is -0.723. The number of aliphatic hydroxyl groups is 1. The number of hydrogen-bond acceptors (Lipinski definition) is 5. The Kier molecular flexibility index (Phi) is 5.30. The summed E-state index contributed by atoms with van der Waals surface area (Å²) in [4.78, 5) is 19.4. The number of alkyl halides is 3. The lowest BCUT2D eigenvalue weighted by atomic mass is 10.0. The van der Waals surface area contributed by atoms with E-state index in [0.717, 1.165) is 18.5 Å². The molecule has 2 rings (SSSR count). The number of aromatic nitrogens is 2. The van der Waals surface area contributed by atoms with Crippen molar-refractivity contribution >= 4 is 5.97 Å². The molecule has 1 unspecified atom stereocenters. The Morgan fingerprint density at radius 1 is 1.29 bits per heavy atom. The molecule has 2 aromatic rings. The van der Waals surface area contributed by atoms with E-state index in [2.05, 4.69) is 16.5 Å². The first-order chi connectivity index (χ1) is 11.3. The SMILES string of the molecule is C=CCOC(=O)c1cnc(-c2ccccc2C(O)C(F)(F)F)nc1. The van der Waals surface area contributed by atoms with Crippen LogP contribution in [0.5, 0.6) is 0 Å². The minimum atomic E-state index is -4.81. The Hall–Kier alpha value is -2.74. The summed E-state index contributed by atoms with van der Waals surface area (Å²) < 4.78 is 43.1. The first-order valence-corrected chi connectivity index (χ1v) is 6.78. The summed E-state index contributed by atoms with van der Waals surface area (Å²) in [5, 5.41) is 9.48. The number of carbonyl (C=O) groups excluding carboxylic acids is 1. The van der Waals surface area contributed by atoms with E-state index in [9.17, 15) is 23.1 Å². The minimum Gasteiger partial charge on any atom is -0.458 e. The third-order valence-corrected chi connectivity index (χ3v) is 3.03. The van der Waals surface area contributed by atoms with Gasteiger partial charge in [0.1, 0.15) is 6.61 Å². The van der Waals surface area contributed by atoms with E-state index in [4.69, 9.17) is 4.74 Å². The predicted octanol–water partition coefficient (Wildman–Crippen LogP) is 3.08. The number of halogens is 3. The lowest BCUT2D eigenvalue weighted by molar-refractivity contribution is -0.206. The van der Waals surface area contributed by atoms with Crippen LogP contribution in [0, 0.1) is 0 Å². The molecule has 0 saturated heterocycles. The zero-order chi connectivity index (χ0) is 17.7. The second-order valence-electron chi connectivity index (χ2n) is 4.71. The van der Waals surface area contributed by atoms with Crippen LogP contribution in [-0.4, -0.2) is 33.8 Å². The number of esters is 1. The maximum absolute atomic E-state index is 12.8. The molecule has 0 fully saturated rings. The molecule has 24 heavy (non-hydrogen) atoms. The van der Waals surface area contributed by atoms with E-state index in [1.54, 1.807) is 0 Å². The van der Waals surface area contributed by atoms with Crippen LogP contribution in [0.2, 0.25) is 0 Å². The van der Waals surface area contributed by atoms with Crippen molar-refractivity contribution in [3.63, 3.8) is 0 Å². The maximum Gasteiger partial charge on any atom is 0.418 e. The topological polar surface area (TPSA) is 72.3 Å². The van der Waals surface area contributed by atoms with Crippen molar-refractivity contribution in [1.29, 1.82) is 0 Å². The number of aliphatic hydroxyl groups excluding tert-OH is 1. The molecule has 5 nitrogen and oxygen atoms in total. The number of nitrogens with zero attached hydrogens (tertiary/aromatic N) is 2. The molecular formula is C16H13F3N2O3. The third-order valence-electron chi connectivity index (χ3n) is 3.03. The van der Waals surface area contributed by atoms with Gasteiger partial charge in [-0.2, -0.15) is 13.2 Å². The monoisotopic (exact) mass is 338 g/mol. The van der Waals surface area contributed by atoms with Gasteiger partial charge in [-0.1, -0.05) is 36.9 Å². The van der Waals surface area contributed by atoms with Gasteiger partial charge in [0.25, 0.3) is 0 Å². The zero-order valence-electron chi connectivity index (χ0n) is 12.3. The quantitative estimate of drug-likeness (QED) is 0.670. The van der Waals surface area contributed by atoms with Gasteiger partial charge in [-0.25, -0.2) is 14.8 Å². The first kappa shape index (κ1) is 17.6. The summed E-state index contributed by atoms with van der Waals surface area (Å²) in [6.07, 6.45) is -3.80. The second kappa shape index (κ2) is 7.22. The molecule has 1 aromatic carbocycles. The Morgan fingerprint density at radius 3 is 2.50 bits per heavy atom. The lowest BCUT2D eigenvalue weighted by Crippen LogP contribution is -2.21. The van der Waals surface area contributed by atoms with E-state index in [1.165, 1.54) is 24.3 Å². The highest BCUT2D eigenvalue weighted by Crippen LogP contribution is 2.36. The van der Waals surface area contributed by atoms with Gasteiger partial charge < -0.3 is 9.84 Å². The van der Waals surface area contributed by atoms with Crippen molar-refractivity contribution in [1.82, 2.24) is 9.97 Å². The lowest BCUT2D eigenvalue weighted by Gasteiger charge is -2.17. The van der Waals surface area contributed by atoms with Crippen LogP contribution in [0.25, 0.3) is 11.4 Å². The molecule has 8 heteroatoms. The summed E-state index contributed by atoms with van der Waals surface area (Å²) in [6, 6.07) is 5.37. The van der Waals surface area contributed by atoms with Crippen molar-refractivity contribution in [2.75, 3.05) is 6.61 Å². The van der Waals surface area contributed by atoms with Gasteiger partial charge in [-0.05, 0) is 0 Å². The molecular weight excluding hydrogens is 325 g/mol. The third kappa shape index (κ3) is 3.96. The van der Waals surface area contributed by atoms with Crippen LogP contribution in [0.3, 0.4) is 0 Å². The molecule has 1 heterocycles. The van der Waals surface area contributed by atoms with Crippen LogP contribution in [-0.2, 0) is 4.74 Å². The summed E-state index contributed by atoms with van der Waals surface area (Å²) in [6.45, 7) is 3.42. The number of benzene rings is 1. The molecule has 0 spiro atoms. The number of ether oxygens (including phenoxy) is 1. The highest BCUT2D eigenvalue weighted by atomic mass is 19.4. The van der Waals surface area contributed by atoms with Gasteiger partial charge in [0.05, 0.1) is 5.56 Å². The smallest absolute Gasteiger partial charge is 0.418 e. The van der Waals surface area contributed by atoms with Crippen LogP contribution < -0.4 is 0 Å². The van der Waals surface area contributed by atoms with Crippen molar-refractivity contribution in [2.24, 2.45) is 0 Å². The highest BCUT2D eigenvalue weighted by molar-refractivity contribution is 5.88. The van der Waals surface area contributed by atoms with E-state index in [1.807, 2.05) is 0 Å². The minimum absolute atomic E-state index is 0.0151. The molecule has 1 atom stereocenters. The standard InChI is InChI=1S/C16H13F3N2O3/c1-2-7-24-15(23)10-8-20-14(21-9-10)12-6-4-3-5-11(12)13(22)16(17,18)19/h2-6,8-9,13,22H,1,7H2. The Labute approximate surface area is 135 Å². The molecule has 0 aliphatic heterocycles. The molecule has 1 N–H and O–H groups in total. The van der Waals surface area contributed by atoms with Crippen molar-refractivity contribution in [3.8, 4) is 11.4 Å². The van der Waals surface area contributed by atoms with Crippen molar-refractivity contribution in [2.45, 2.75) is 12.3 Å². The number of rotatable bonds is 5. The van der Waals surface area contributed by atoms with Gasteiger partial charge in [0.15, 0.2) is 11.9 Å². The molecule has 0 bridgehead atoms. The normalized spacial score (nSPS) is 12.5. The predicted molar refractivity (Wildman–Crippen MR) is 79.0 cm³/mol. The van der Waals surface area contributed by atoms with E-state index >= 15 is 0 Å². The molecule has 0 radical (unpaired) electrons. The fraction of sp³-hybridized carbons (Fsp3) is 0.188. The van der Waals surface area contributed by atoms with Gasteiger partial charge in [-0.15, -0.1) is 0 Å². The average Bonchev–Trinajstić information content (AvgIpc) is 2.58. The van der Waals surface area contributed by atoms with E-state index < -0.39 is 18.2 Å². The molecule has 1 aromatic heterocycles. The molecule has 0 saturated carbocycles. The Balaban J connectivity index is 2.33. The van der Waals surface area contributed by atoms with Crippen molar-refractivity contribution < 1.29 is 27.8 Å². The van der Waals surface area contributed by atoms with Gasteiger partial charge in [-0.3, -0.25) is 0 Å². The summed E-state index contributed by atoms with van der Waals surface area (Å²) >= 11 is 0. The fourth-order valence-electron chi connectivity index (χ4n) is 1.91. The largest absolute Gasteiger partial charge is 0.458 e. The van der Waals surface area contributed by atoms with Crippen molar-refractivity contribution in [3.05, 3.63) is 60.4 Å². The molecule has 0 aliphatic carbocycles. The highest BCUT2D eigenvalue weighted by Gasteiger charge is 2.40. The van der Waals surface area contributed by atoms with Gasteiger partial charge >= 0.3 is 12.1 Å². The van der Waals surface area contributed by atoms with Gasteiger partial charge in [0.2, 0.25) is 0 Å². The summed E-state index contributed by atoms with van der Waals surface area (Å²) in [5.41, 5.74) is -0.297. The zero-order valence-corrected chi connectivity index (χ0v) is 12.3. The van der Waals surface area contributed by atoms with Crippen LogP contribution in [0.1, 0.15) is 22.0 Å². The van der Waals surface area contributed by atoms with E-state index in [0.29, 0.717) is 0 Å². The first-order valence-electron chi connectivity index (χ1n) is 6.78. The maximum atomic E-state index is 12.8. The molecule has 0 aliphatic rings. The molecule has 0 amide bonds. The average molecular weight is 338 g/mol. The van der Waals surface area contributed by atoms with E-state index in [-0.39, 0.29) is 29.1 Å². The molecule has 126 valence electrons. The number of carbonyl (C=O) groups is 1. The van der Waals surface area contributed by atoms with Crippen LogP contribution in [0.4, 0.5) is 13.2 Å². The Bertz CT molecular complexity index is 730. The van der Waals surface area contributed by atoms with Gasteiger partial charge in [0, 0.05) is 23.5 Å². The summed E-state index contributed by atoms with van der Waals surface area (Å²) in [7, 11) is 0. The second-order valence-corrected chi connectivity index (χ2v) is 4.71. The van der Waals surface area contributed by atoms with Crippen LogP contribution in [0.15, 0.2) is 49.3 Å². The number of hydrogen-bond donors (Lipinski definition) is 1. The Morgan fingerprint density at radius 2 is 1.92 bits per heavy atom. The van der Waals surface area contributed by atoms with Crippen LogP contribution >= 0.6 is 0 Å².